The molecule has 1 amide bonds. The molecular formula is C12H14BrClFNO. The molecule has 5 heteroatoms. The van der Waals surface area contributed by atoms with E-state index in [2.05, 4.69) is 15.9 Å². The summed E-state index contributed by atoms with van der Waals surface area (Å²) in [4.78, 5) is 13.7. The number of carbonyl (C=O) groups excluding carboxylic acids is 1. The van der Waals surface area contributed by atoms with Gasteiger partial charge in [0.25, 0.3) is 5.91 Å². The Morgan fingerprint density at radius 3 is 2.65 bits per heavy atom. The molecule has 0 unspecified atom stereocenters. The maximum atomic E-state index is 13.1. The van der Waals surface area contributed by atoms with Crippen LogP contribution in [0.15, 0.2) is 22.7 Å². The van der Waals surface area contributed by atoms with E-state index >= 15 is 0 Å². The van der Waals surface area contributed by atoms with Gasteiger partial charge in [0.1, 0.15) is 5.82 Å². The molecule has 0 aliphatic heterocycles. The van der Waals surface area contributed by atoms with Gasteiger partial charge in [-0.1, -0.05) is 0 Å². The monoisotopic (exact) mass is 321 g/mol. The summed E-state index contributed by atoms with van der Waals surface area (Å²) in [5, 5.41) is 0. The second kappa shape index (κ2) is 5.36. The zero-order valence-corrected chi connectivity index (χ0v) is 12.3. The molecule has 0 saturated heterocycles. The Balaban J connectivity index is 3.08. The van der Waals surface area contributed by atoms with Gasteiger partial charge in [-0.25, -0.2) is 4.39 Å². The Morgan fingerprint density at radius 1 is 1.53 bits per heavy atom. The number of alkyl halides is 1. The van der Waals surface area contributed by atoms with Crippen LogP contribution in [-0.4, -0.2) is 29.3 Å². The summed E-state index contributed by atoms with van der Waals surface area (Å²) in [5.74, 6) is -0.391. The van der Waals surface area contributed by atoms with Gasteiger partial charge in [-0.2, -0.15) is 0 Å². The lowest BCUT2D eigenvalue weighted by molar-refractivity contribution is 0.0658. The van der Waals surface area contributed by atoms with E-state index in [1.807, 2.05) is 13.8 Å². The van der Waals surface area contributed by atoms with Crippen molar-refractivity contribution in [2.24, 2.45) is 0 Å². The zero-order chi connectivity index (χ0) is 13.2. The third-order valence-corrected chi connectivity index (χ3v) is 4.04. The van der Waals surface area contributed by atoms with Crippen molar-refractivity contribution >= 4 is 33.4 Å². The lowest BCUT2D eigenvalue weighted by atomic mass is 10.0. The van der Waals surface area contributed by atoms with Crippen LogP contribution in [0.1, 0.15) is 24.2 Å². The van der Waals surface area contributed by atoms with Gasteiger partial charge in [0.15, 0.2) is 0 Å². The summed E-state index contributed by atoms with van der Waals surface area (Å²) in [7, 11) is 1.65. The van der Waals surface area contributed by atoms with Gasteiger partial charge in [-0.3, -0.25) is 4.79 Å². The van der Waals surface area contributed by atoms with Crippen molar-refractivity contribution in [3.8, 4) is 0 Å². The molecule has 0 heterocycles. The van der Waals surface area contributed by atoms with Crippen molar-refractivity contribution in [1.29, 1.82) is 0 Å². The first-order valence-corrected chi connectivity index (χ1v) is 6.41. The van der Waals surface area contributed by atoms with E-state index < -0.39 is 11.4 Å². The SMILES string of the molecule is CN(C(=O)c1cc(F)ccc1Br)C(C)(C)CCl. The van der Waals surface area contributed by atoms with Crippen molar-refractivity contribution < 1.29 is 9.18 Å². The summed E-state index contributed by atoms with van der Waals surface area (Å²) in [6, 6.07) is 4.03. The summed E-state index contributed by atoms with van der Waals surface area (Å²) in [5.41, 5.74) is -0.185. The first-order chi connectivity index (χ1) is 7.79. The highest BCUT2D eigenvalue weighted by Gasteiger charge is 2.28. The van der Waals surface area contributed by atoms with E-state index in [1.165, 1.54) is 23.1 Å². The molecule has 0 aliphatic rings. The molecule has 0 radical (unpaired) electrons. The molecule has 94 valence electrons. The van der Waals surface area contributed by atoms with E-state index in [4.69, 9.17) is 11.6 Å². The molecular weight excluding hydrogens is 308 g/mol. The Bertz CT molecular complexity index is 437. The van der Waals surface area contributed by atoms with Crippen molar-refractivity contribution in [1.82, 2.24) is 4.90 Å². The predicted molar refractivity (Wildman–Crippen MR) is 71.0 cm³/mol. The molecule has 0 aromatic heterocycles. The first-order valence-electron chi connectivity index (χ1n) is 5.09. The third-order valence-electron chi connectivity index (χ3n) is 2.70. The normalized spacial score (nSPS) is 11.4. The highest BCUT2D eigenvalue weighted by Crippen LogP contribution is 2.23. The van der Waals surface area contributed by atoms with E-state index in [0.29, 0.717) is 15.9 Å². The molecule has 0 aliphatic carbocycles. The fraction of sp³-hybridized carbons (Fsp3) is 0.417. The van der Waals surface area contributed by atoms with Crippen molar-refractivity contribution in [2.45, 2.75) is 19.4 Å². The van der Waals surface area contributed by atoms with Crippen molar-refractivity contribution in [2.75, 3.05) is 12.9 Å². The minimum Gasteiger partial charge on any atom is -0.335 e. The van der Waals surface area contributed by atoms with Gasteiger partial charge in [-0.15, -0.1) is 11.6 Å². The Kier molecular flexibility index (Phi) is 4.55. The Morgan fingerprint density at radius 2 is 2.12 bits per heavy atom. The zero-order valence-electron chi connectivity index (χ0n) is 9.93. The van der Waals surface area contributed by atoms with Crippen LogP contribution in [0.4, 0.5) is 4.39 Å². The van der Waals surface area contributed by atoms with Crippen molar-refractivity contribution in [3.05, 3.63) is 34.1 Å². The number of rotatable bonds is 3. The predicted octanol–water partition coefficient (Wildman–Crippen LogP) is 3.68. The minimum absolute atomic E-state index is 0.262. The van der Waals surface area contributed by atoms with Gasteiger partial charge >= 0.3 is 0 Å². The molecule has 2 nitrogen and oxygen atoms in total. The molecule has 1 aromatic rings. The lowest BCUT2D eigenvalue weighted by Crippen LogP contribution is -2.46. The second-order valence-electron chi connectivity index (χ2n) is 4.43. The highest BCUT2D eigenvalue weighted by atomic mass is 79.9. The molecule has 1 rings (SSSR count). The number of amides is 1. The quantitative estimate of drug-likeness (QED) is 0.777. The largest absolute Gasteiger partial charge is 0.335 e. The molecule has 0 N–H and O–H groups in total. The smallest absolute Gasteiger partial charge is 0.255 e. The highest BCUT2D eigenvalue weighted by molar-refractivity contribution is 9.10. The number of halogens is 3. The molecule has 0 saturated carbocycles. The number of hydrogen-bond acceptors (Lipinski definition) is 1. The van der Waals surface area contributed by atoms with Crippen LogP contribution < -0.4 is 0 Å². The van der Waals surface area contributed by atoms with Gasteiger partial charge in [0, 0.05) is 17.4 Å². The minimum atomic E-state index is -0.482. The summed E-state index contributed by atoms with van der Waals surface area (Å²) < 4.78 is 13.7. The van der Waals surface area contributed by atoms with Crippen LogP contribution in [0.3, 0.4) is 0 Å². The van der Waals surface area contributed by atoms with E-state index in [-0.39, 0.29) is 5.91 Å². The van der Waals surface area contributed by atoms with Gasteiger partial charge < -0.3 is 4.90 Å². The fourth-order valence-corrected chi connectivity index (χ4v) is 1.80. The van der Waals surface area contributed by atoms with Crippen molar-refractivity contribution in [3.63, 3.8) is 0 Å². The maximum absolute atomic E-state index is 13.1. The van der Waals surface area contributed by atoms with Gasteiger partial charge in [0.05, 0.1) is 11.1 Å². The second-order valence-corrected chi connectivity index (χ2v) is 5.56. The standard InChI is InChI=1S/C12H14BrClFNO/c1-12(2,7-14)16(3)11(17)9-6-8(15)4-5-10(9)13/h4-6H,7H2,1-3H3. The van der Waals surface area contributed by atoms with Crippen LogP contribution in [0, 0.1) is 5.82 Å². The first kappa shape index (κ1) is 14.5. The van der Waals surface area contributed by atoms with Crippen LogP contribution in [0.5, 0.6) is 0 Å². The molecule has 0 fully saturated rings. The van der Waals surface area contributed by atoms with Crippen LogP contribution in [0.25, 0.3) is 0 Å². The summed E-state index contributed by atoms with van der Waals surface area (Å²) in [6.07, 6.45) is 0. The molecule has 0 spiro atoms. The van der Waals surface area contributed by atoms with Gasteiger partial charge in [0.2, 0.25) is 0 Å². The summed E-state index contributed by atoms with van der Waals surface area (Å²) >= 11 is 9.05. The van der Waals surface area contributed by atoms with E-state index in [0.717, 1.165) is 0 Å². The van der Waals surface area contributed by atoms with E-state index in [1.54, 1.807) is 7.05 Å². The molecule has 1 aromatic carbocycles. The summed E-state index contributed by atoms with van der Waals surface area (Å²) in [6.45, 7) is 3.70. The molecule has 17 heavy (non-hydrogen) atoms. The Labute approximate surface area is 114 Å². The molecule has 0 bridgehead atoms. The van der Waals surface area contributed by atoms with E-state index in [9.17, 15) is 9.18 Å². The number of benzene rings is 1. The van der Waals surface area contributed by atoms with Crippen LogP contribution in [-0.2, 0) is 0 Å². The lowest BCUT2D eigenvalue weighted by Gasteiger charge is -2.34. The number of nitrogens with zero attached hydrogens (tertiary/aromatic N) is 1. The number of carbonyl (C=O) groups is 1. The van der Waals surface area contributed by atoms with Gasteiger partial charge in [-0.05, 0) is 48.0 Å². The Hall–Kier alpha value is -0.610. The maximum Gasteiger partial charge on any atom is 0.255 e. The number of hydrogen-bond donors (Lipinski definition) is 0. The average molecular weight is 323 g/mol. The average Bonchev–Trinajstić information content (AvgIpc) is 2.30. The molecule has 0 atom stereocenters. The topological polar surface area (TPSA) is 20.3 Å². The van der Waals surface area contributed by atoms with Crippen LogP contribution in [0.2, 0.25) is 0 Å². The van der Waals surface area contributed by atoms with Crippen LogP contribution >= 0.6 is 27.5 Å². The third kappa shape index (κ3) is 3.19. The fourth-order valence-electron chi connectivity index (χ4n) is 1.21.